The Labute approximate surface area is 599 Å². The van der Waals surface area contributed by atoms with Gasteiger partial charge in [0.2, 0.25) is 0 Å². The standard InChI is InChI=1S/C21H21N3O2S.C20H19N3O2S.C19H17N3O2S.C18H14N2O2S/c1-2-3-10-23-11-9-15-17(23)5-4-6-18(15)24-19(13-22-21(24)27)16-8-7-14(25)12-20(16)26;1-12(2)22-9-8-14-16(22)4-3-5-17(14)23-18(11-21-20(23)26)15-7-6-13(24)10-19(15)25;1-2-21-9-8-13-15(21)4-3-5-16(13)22-17(11-20-19(22)25)14-7-6-12(23)10-18(14)24;21-12-7-8-14(17(22)9-12)16-10-19-18(23)20(16)15-6-2-4-11-3-1-5-13(11)15/h4-9,11-13,25-26H,2-3,10H2,1H3,(H,22,27);3-12,24-25H,1-2H3,(H,21,26);3-11,23-24H,2H2,1H3,(H,20,25);1-2,4-10,21-22H,3H2,(H,19,23). The lowest BCUT2D eigenvalue weighted by Crippen LogP contribution is -2.00. The number of hydrogen-bond acceptors (Lipinski definition) is 12. The van der Waals surface area contributed by atoms with Crippen molar-refractivity contribution in [3.8, 4) is 114 Å². The smallest absolute Gasteiger partial charge is 0.182 e. The zero-order valence-corrected chi connectivity index (χ0v) is 58.5. The second kappa shape index (κ2) is 28.6. The molecule has 7 aromatic heterocycles. The minimum Gasteiger partial charge on any atom is -0.508 e. The number of allylic oxidation sites excluding steroid dienone is 1. The molecular weight excluding hydrogens is 1350 g/mol. The molecule has 0 saturated heterocycles. The molecule has 0 amide bonds. The van der Waals surface area contributed by atoms with Gasteiger partial charge in [0, 0.05) is 131 Å². The molecule has 12 N–H and O–H groups in total. The third kappa shape index (κ3) is 13.2. The quantitative estimate of drug-likeness (QED) is 0.0481. The summed E-state index contributed by atoms with van der Waals surface area (Å²) in [6.07, 6.45) is 20.7. The average molecular weight is 1420 g/mol. The van der Waals surface area contributed by atoms with Crippen LogP contribution in [0.5, 0.6) is 46.0 Å². The number of aromatic nitrogens is 11. The van der Waals surface area contributed by atoms with Gasteiger partial charge in [0.05, 0.1) is 62.1 Å². The molecule has 0 spiro atoms. The second-order valence-corrected chi connectivity index (χ2v) is 26.0. The van der Waals surface area contributed by atoms with E-state index in [0.29, 0.717) is 47.4 Å². The highest BCUT2D eigenvalue weighted by molar-refractivity contribution is 7.71. The largest absolute Gasteiger partial charge is 0.508 e. The molecule has 1 aliphatic carbocycles. The number of aromatic amines is 4. The van der Waals surface area contributed by atoms with Crippen LogP contribution in [-0.2, 0) is 19.5 Å². The third-order valence-corrected chi connectivity index (χ3v) is 19.1. The van der Waals surface area contributed by atoms with Gasteiger partial charge in [-0.3, -0.25) is 18.3 Å². The number of unbranched alkanes of at least 4 members (excludes halogenated alkanes) is 1. The van der Waals surface area contributed by atoms with E-state index >= 15 is 0 Å². The number of aryl methyl sites for hydroxylation is 2. The van der Waals surface area contributed by atoms with Gasteiger partial charge in [-0.25, -0.2) is 0 Å². The van der Waals surface area contributed by atoms with Crippen molar-refractivity contribution >= 4 is 87.7 Å². The van der Waals surface area contributed by atoms with E-state index in [2.05, 4.69) is 135 Å². The lowest BCUT2D eigenvalue weighted by molar-refractivity contribution is 0.450. The van der Waals surface area contributed by atoms with E-state index in [-0.39, 0.29) is 46.0 Å². The molecule has 15 aromatic rings. The van der Waals surface area contributed by atoms with E-state index in [9.17, 15) is 40.9 Å². The minimum absolute atomic E-state index is 0.000300. The Morgan fingerprint density at radius 1 is 0.406 bits per heavy atom. The summed E-state index contributed by atoms with van der Waals surface area (Å²) in [5.74, 6) is 0.0941. The van der Waals surface area contributed by atoms with Gasteiger partial charge in [-0.05, 0) is 197 Å². The highest BCUT2D eigenvalue weighted by atomic mass is 32.1. The first kappa shape index (κ1) is 67.8. The van der Waals surface area contributed by atoms with E-state index in [0.717, 1.165) is 116 Å². The molecule has 19 nitrogen and oxygen atoms in total. The molecule has 0 radical (unpaired) electrons. The molecule has 510 valence electrons. The number of hydrogen-bond donors (Lipinski definition) is 12. The number of H-pyrrole nitrogens is 4. The Balaban J connectivity index is 0.000000121. The van der Waals surface area contributed by atoms with Crippen molar-refractivity contribution in [3.05, 3.63) is 243 Å². The lowest BCUT2D eigenvalue weighted by atomic mass is 10.1. The molecule has 23 heteroatoms. The Morgan fingerprint density at radius 2 is 0.762 bits per heavy atom. The fourth-order valence-electron chi connectivity index (χ4n) is 13.1. The van der Waals surface area contributed by atoms with Crippen molar-refractivity contribution < 1.29 is 40.9 Å². The van der Waals surface area contributed by atoms with Gasteiger partial charge < -0.3 is 74.5 Å². The molecular formula is C78H71N11O8S4. The Hall–Kier alpha value is -11.8. The monoisotopic (exact) mass is 1420 g/mol. The van der Waals surface area contributed by atoms with Crippen molar-refractivity contribution in [3.63, 3.8) is 0 Å². The summed E-state index contributed by atoms with van der Waals surface area (Å²) in [6, 6.07) is 49.3. The van der Waals surface area contributed by atoms with Crippen LogP contribution in [0.1, 0.15) is 57.7 Å². The van der Waals surface area contributed by atoms with E-state index < -0.39 is 0 Å². The van der Waals surface area contributed by atoms with Crippen LogP contribution in [0, 0.1) is 19.1 Å². The summed E-state index contributed by atoms with van der Waals surface area (Å²) in [6.45, 7) is 10.5. The second-order valence-electron chi connectivity index (χ2n) is 24.4. The average Bonchev–Trinajstić information content (AvgIpc) is 1.67. The van der Waals surface area contributed by atoms with E-state index in [1.54, 1.807) is 73.3 Å². The summed E-state index contributed by atoms with van der Waals surface area (Å²) in [5, 5.41) is 82.5. The van der Waals surface area contributed by atoms with Crippen LogP contribution in [0.2, 0.25) is 0 Å². The van der Waals surface area contributed by atoms with Crippen LogP contribution in [0.25, 0.3) is 107 Å². The molecule has 101 heavy (non-hydrogen) atoms. The number of phenols is 8. The number of benzene rings is 8. The molecule has 7 heterocycles. The van der Waals surface area contributed by atoms with Crippen molar-refractivity contribution in [1.29, 1.82) is 0 Å². The number of nitrogens with zero attached hydrogens (tertiary/aromatic N) is 7. The van der Waals surface area contributed by atoms with Crippen LogP contribution in [0.15, 0.2) is 213 Å². The zero-order valence-electron chi connectivity index (χ0n) is 55.2. The predicted octanol–water partition coefficient (Wildman–Crippen LogP) is 19.3. The summed E-state index contributed by atoms with van der Waals surface area (Å²) in [7, 11) is 0. The molecule has 0 bridgehead atoms. The Kier molecular flexibility index (Phi) is 19.2. The summed E-state index contributed by atoms with van der Waals surface area (Å²) in [5.41, 5.74) is 15.0. The Morgan fingerprint density at radius 3 is 1.16 bits per heavy atom. The van der Waals surface area contributed by atoms with E-state index in [4.69, 9.17) is 48.9 Å². The van der Waals surface area contributed by atoms with Crippen LogP contribution in [0.3, 0.4) is 0 Å². The molecule has 16 rings (SSSR count). The van der Waals surface area contributed by atoms with Crippen LogP contribution >= 0.6 is 48.9 Å². The van der Waals surface area contributed by atoms with Gasteiger partial charge in [0.25, 0.3) is 0 Å². The van der Waals surface area contributed by atoms with Crippen molar-refractivity contribution in [2.24, 2.45) is 0 Å². The molecule has 0 unspecified atom stereocenters. The van der Waals surface area contributed by atoms with E-state index in [1.165, 1.54) is 29.8 Å². The fraction of sp³-hybridized carbons (Fsp3) is 0.128. The number of fused-ring (bicyclic) bond motifs is 4. The number of phenolic OH excluding ortho intramolecular Hbond substituents is 8. The predicted molar refractivity (Wildman–Crippen MR) is 409 cm³/mol. The summed E-state index contributed by atoms with van der Waals surface area (Å²) >= 11 is 22.0. The number of nitrogens with one attached hydrogen (secondary N) is 4. The molecule has 0 atom stereocenters. The van der Waals surface area contributed by atoms with E-state index in [1.807, 2.05) is 66.8 Å². The first-order valence-corrected chi connectivity index (χ1v) is 34.3. The molecule has 0 saturated carbocycles. The van der Waals surface area contributed by atoms with Crippen molar-refractivity contribution in [1.82, 2.24) is 51.9 Å². The van der Waals surface area contributed by atoms with Crippen LogP contribution in [-0.4, -0.2) is 92.8 Å². The van der Waals surface area contributed by atoms with Gasteiger partial charge in [-0.15, -0.1) is 0 Å². The minimum atomic E-state index is -0.000300. The normalized spacial score (nSPS) is 11.6. The molecule has 8 aromatic carbocycles. The van der Waals surface area contributed by atoms with Crippen molar-refractivity contribution in [2.45, 2.75) is 66.1 Å². The Bertz CT molecular complexity index is 5900. The zero-order chi connectivity index (χ0) is 70.9. The lowest BCUT2D eigenvalue weighted by Gasteiger charge is -2.13. The first-order chi connectivity index (χ1) is 48.8. The van der Waals surface area contributed by atoms with Crippen LogP contribution < -0.4 is 0 Å². The maximum atomic E-state index is 10.3. The van der Waals surface area contributed by atoms with Gasteiger partial charge >= 0.3 is 0 Å². The summed E-state index contributed by atoms with van der Waals surface area (Å²) in [4.78, 5) is 12.3. The fourth-order valence-corrected chi connectivity index (χ4v) is 14.1. The number of rotatable bonds is 13. The highest BCUT2D eigenvalue weighted by Gasteiger charge is 2.22. The van der Waals surface area contributed by atoms with Gasteiger partial charge in [-0.1, -0.05) is 55.8 Å². The number of imidazole rings is 4. The van der Waals surface area contributed by atoms with Gasteiger partial charge in [0.15, 0.2) is 19.1 Å². The van der Waals surface area contributed by atoms with Crippen LogP contribution in [0.4, 0.5) is 0 Å². The molecule has 0 aliphatic heterocycles. The maximum absolute atomic E-state index is 10.3. The SMILES string of the molecule is CC(C)n1ccc2c(-n3c(-c4ccc(O)cc4O)c[nH]c3=S)cccc21.CCCCn1ccc2c(-n3c(-c4ccc(O)cc4O)c[nH]c3=S)cccc21.CCn1ccc2c(-n3c(-c4ccc(O)cc4O)c[nH]c3=S)cccc21.Oc1ccc(-c2c[nH]c(=S)n2-c2cccc3c2C=CC3)c(O)c1. The molecule has 0 fully saturated rings. The third-order valence-electron chi connectivity index (χ3n) is 17.9. The number of aromatic hydroxyl groups is 8. The molecule has 1 aliphatic rings. The first-order valence-electron chi connectivity index (χ1n) is 32.7. The summed E-state index contributed by atoms with van der Waals surface area (Å²) < 4.78 is 16.5. The maximum Gasteiger partial charge on any atom is 0.182 e. The van der Waals surface area contributed by atoms with Crippen molar-refractivity contribution in [2.75, 3.05) is 0 Å². The highest BCUT2D eigenvalue weighted by Crippen LogP contribution is 2.41. The van der Waals surface area contributed by atoms with Gasteiger partial charge in [0.1, 0.15) is 46.0 Å². The topological polar surface area (TPSA) is 260 Å². The van der Waals surface area contributed by atoms with Gasteiger partial charge in [-0.2, -0.15) is 0 Å².